The van der Waals surface area contributed by atoms with Crippen LogP contribution in [0.5, 0.6) is 5.75 Å². The van der Waals surface area contributed by atoms with E-state index in [0.29, 0.717) is 10.2 Å². The third-order valence-electron chi connectivity index (χ3n) is 5.21. The van der Waals surface area contributed by atoms with Crippen LogP contribution in [0.1, 0.15) is 29.8 Å². The van der Waals surface area contributed by atoms with Crippen molar-refractivity contribution in [3.8, 4) is 5.75 Å². The Hall–Kier alpha value is -4.27. The molecule has 2 aromatic carbocycles. The number of carboxylic acid groups (broad SMARTS) is 1. The number of hydrogen-bond donors (Lipinski definition) is 3. The van der Waals surface area contributed by atoms with Gasteiger partial charge >= 0.3 is 24.1 Å². The number of benzene rings is 2. The molecule has 0 aliphatic carbocycles. The van der Waals surface area contributed by atoms with Crippen molar-refractivity contribution in [2.45, 2.75) is 25.6 Å². The second-order valence-electron chi connectivity index (χ2n) is 8.06. The van der Waals surface area contributed by atoms with Gasteiger partial charge in [0.2, 0.25) is 5.60 Å². The number of halogens is 4. The number of hydrogen-bond acceptors (Lipinski definition) is 9. The number of carboxylic acids is 1. The van der Waals surface area contributed by atoms with Crippen LogP contribution in [0.4, 0.5) is 22.7 Å². The Morgan fingerprint density at radius 2 is 1.82 bits per heavy atom. The predicted octanol–water partition coefficient (Wildman–Crippen LogP) is 3.71. The first kappa shape index (κ1) is 28.3. The van der Waals surface area contributed by atoms with E-state index in [2.05, 4.69) is 9.72 Å². The smallest absolute Gasteiger partial charge is 0.478 e. The average Bonchev–Trinajstić information content (AvgIpc) is 3.26. The summed E-state index contributed by atoms with van der Waals surface area (Å²) in [6, 6.07) is 7.61. The van der Waals surface area contributed by atoms with E-state index >= 15 is 0 Å². The molecule has 1 heterocycles. The van der Waals surface area contributed by atoms with Crippen molar-refractivity contribution in [2.24, 2.45) is 5.73 Å². The molecule has 0 fully saturated rings. The number of amidine groups is 1. The molecule has 1 aromatic heterocycles. The molecule has 0 aliphatic rings. The van der Waals surface area contributed by atoms with Crippen LogP contribution in [0.15, 0.2) is 36.4 Å². The number of anilines is 1. The van der Waals surface area contributed by atoms with Gasteiger partial charge in [-0.2, -0.15) is 13.2 Å². The topological polar surface area (TPSA) is 156 Å². The van der Waals surface area contributed by atoms with E-state index in [1.54, 1.807) is 6.92 Å². The van der Waals surface area contributed by atoms with Gasteiger partial charge < -0.3 is 25.2 Å². The standard InChI is InChI=1S/C23H20F4N4O6S/c1-3-31(10-22(2,19(33)34)37-20(35)23(25,26)27)21-30-14-6-4-12(9-16(14)38-21)18(32)36-15-7-5-11(17(28)29)8-13(15)24/h4-9H,3,10H2,1-2H3,(H3,28,29)(H,33,34). The first-order chi connectivity index (χ1) is 17.6. The zero-order valence-corrected chi connectivity index (χ0v) is 20.6. The lowest BCUT2D eigenvalue weighted by Crippen LogP contribution is -2.52. The van der Waals surface area contributed by atoms with Crippen molar-refractivity contribution < 1.29 is 46.5 Å². The lowest BCUT2D eigenvalue weighted by molar-refractivity contribution is -0.215. The molecule has 15 heteroatoms. The van der Waals surface area contributed by atoms with Gasteiger partial charge in [0.25, 0.3) is 0 Å². The average molecular weight is 556 g/mol. The molecule has 202 valence electrons. The molecule has 0 radical (unpaired) electrons. The van der Waals surface area contributed by atoms with Crippen LogP contribution in [-0.2, 0) is 14.3 Å². The normalized spacial score (nSPS) is 13.0. The zero-order chi connectivity index (χ0) is 28.4. The highest BCUT2D eigenvalue weighted by atomic mass is 32.1. The molecular weight excluding hydrogens is 536 g/mol. The maximum absolute atomic E-state index is 14.2. The largest absolute Gasteiger partial charge is 0.490 e. The van der Waals surface area contributed by atoms with Gasteiger partial charge in [-0.15, -0.1) is 0 Å². The molecule has 0 bridgehead atoms. The summed E-state index contributed by atoms with van der Waals surface area (Å²) in [5, 5.41) is 17.0. The summed E-state index contributed by atoms with van der Waals surface area (Å²) < 4.78 is 62.1. The van der Waals surface area contributed by atoms with Gasteiger partial charge in [0.15, 0.2) is 16.7 Å². The van der Waals surface area contributed by atoms with Crippen LogP contribution in [0.2, 0.25) is 0 Å². The van der Waals surface area contributed by atoms with Crippen LogP contribution in [-0.4, -0.2) is 58.7 Å². The fourth-order valence-corrected chi connectivity index (χ4v) is 4.24. The predicted molar refractivity (Wildman–Crippen MR) is 128 cm³/mol. The number of nitrogens with two attached hydrogens (primary N) is 1. The highest BCUT2D eigenvalue weighted by molar-refractivity contribution is 7.22. The molecule has 1 atom stereocenters. The summed E-state index contributed by atoms with van der Waals surface area (Å²) in [7, 11) is 0. The minimum Gasteiger partial charge on any atom is -0.478 e. The minimum atomic E-state index is -5.38. The Labute approximate surface area is 216 Å². The summed E-state index contributed by atoms with van der Waals surface area (Å²) in [6.45, 7) is 1.88. The number of nitrogens with zero attached hydrogens (tertiary/aromatic N) is 2. The Morgan fingerprint density at radius 3 is 2.37 bits per heavy atom. The molecular formula is C23H20F4N4O6S. The molecule has 0 saturated carbocycles. The highest BCUT2D eigenvalue weighted by Gasteiger charge is 2.49. The molecule has 0 aliphatic heterocycles. The van der Waals surface area contributed by atoms with Crippen molar-refractivity contribution in [1.82, 2.24) is 4.98 Å². The maximum atomic E-state index is 14.2. The summed E-state index contributed by atoms with van der Waals surface area (Å²) in [6.07, 6.45) is -5.38. The number of alkyl halides is 3. The van der Waals surface area contributed by atoms with Crippen LogP contribution in [0.25, 0.3) is 10.2 Å². The monoisotopic (exact) mass is 556 g/mol. The Kier molecular flexibility index (Phi) is 7.90. The van der Waals surface area contributed by atoms with Crippen molar-refractivity contribution >= 4 is 50.4 Å². The fourth-order valence-electron chi connectivity index (χ4n) is 3.17. The van der Waals surface area contributed by atoms with Crippen LogP contribution >= 0.6 is 11.3 Å². The van der Waals surface area contributed by atoms with Gasteiger partial charge in [0.05, 0.1) is 22.3 Å². The van der Waals surface area contributed by atoms with E-state index in [0.717, 1.165) is 30.4 Å². The number of rotatable bonds is 9. The number of thiazole rings is 1. The number of nitrogens with one attached hydrogen (secondary N) is 1. The number of likely N-dealkylation sites (N-methyl/N-ethyl adjacent to an activating group) is 1. The number of aliphatic carboxylic acids is 1. The van der Waals surface area contributed by atoms with Gasteiger partial charge in [-0.25, -0.2) is 23.8 Å². The summed E-state index contributed by atoms with van der Waals surface area (Å²) in [5.74, 6) is -6.98. The van der Waals surface area contributed by atoms with Gasteiger partial charge in [-0.1, -0.05) is 11.3 Å². The maximum Gasteiger partial charge on any atom is 0.490 e. The van der Waals surface area contributed by atoms with Crippen LogP contribution < -0.4 is 15.4 Å². The first-order valence-corrected chi connectivity index (χ1v) is 11.5. The molecule has 10 nitrogen and oxygen atoms in total. The van der Waals surface area contributed by atoms with Crippen LogP contribution in [0.3, 0.4) is 0 Å². The SMILES string of the molecule is CCN(CC(C)(OC(=O)C(F)(F)F)C(=O)O)c1nc2ccc(C(=O)Oc3ccc(C(=N)N)cc3F)cc2s1. The molecule has 0 spiro atoms. The van der Waals surface area contributed by atoms with Crippen LogP contribution in [0, 0.1) is 11.2 Å². The van der Waals surface area contributed by atoms with E-state index in [-0.39, 0.29) is 34.4 Å². The number of fused-ring (bicyclic) bond motifs is 1. The second kappa shape index (κ2) is 10.6. The number of esters is 2. The number of carbonyl (C=O) groups excluding carboxylic acids is 2. The second-order valence-corrected chi connectivity index (χ2v) is 9.07. The molecule has 1 unspecified atom stereocenters. The van der Waals surface area contributed by atoms with E-state index < -0.39 is 42.0 Å². The number of carbonyl (C=O) groups is 3. The van der Waals surface area contributed by atoms with E-state index in [1.807, 2.05) is 0 Å². The van der Waals surface area contributed by atoms with Gasteiger partial charge in [0, 0.05) is 12.1 Å². The number of nitrogen functional groups attached to an aromatic ring is 1. The summed E-state index contributed by atoms with van der Waals surface area (Å²) in [4.78, 5) is 41.2. The zero-order valence-electron chi connectivity index (χ0n) is 19.8. The Balaban J connectivity index is 1.84. The molecule has 0 saturated heterocycles. The van der Waals surface area contributed by atoms with Gasteiger partial charge in [0.1, 0.15) is 5.84 Å². The lowest BCUT2D eigenvalue weighted by Gasteiger charge is -2.31. The Morgan fingerprint density at radius 1 is 1.16 bits per heavy atom. The third-order valence-corrected chi connectivity index (χ3v) is 6.28. The van der Waals surface area contributed by atoms with Gasteiger partial charge in [-0.3, -0.25) is 5.41 Å². The van der Waals surface area contributed by atoms with Crippen molar-refractivity contribution in [3.63, 3.8) is 0 Å². The molecule has 4 N–H and O–H groups in total. The summed E-state index contributed by atoms with van der Waals surface area (Å²) in [5.41, 5.74) is 3.27. The van der Waals surface area contributed by atoms with E-state index in [4.69, 9.17) is 15.9 Å². The molecule has 3 aromatic rings. The highest BCUT2D eigenvalue weighted by Crippen LogP contribution is 2.32. The van der Waals surface area contributed by atoms with Gasteiger partial charge in [-0.05, 0) is 50.2 Å². The molecule has 3 rings (SSSR count). The fraction of sp³-hybridized carbons (Fsp3) is 0.261. The van der Waals surface area contributed by atoms with E-state index in [9.17, 15) is 37.1 Å². The number of ether oxygens (including phenoxy) is 2. The van der Waals surface area contributed by atoms with Crippen molar-refractivity contribution in [1.29, 1.82) is 5.41 Å². The molecule has 0 amide bonds. The van der Waals surface area contributed by atoms with Crippen molar-refractivity contribution in [2.75, 3.05) is 18.0 Å². The number of aromatic nitrogens is 1. The lowest BCUT2D eigenvalue weighted by atomic mass is 10.1. The van der Waals surface area contributed by atoms with E-state index in [1.165, 1.54) is 29.2 Å². The summed E-state index contributed by atoms with van der Waals surface area (Å²) >= 11 is 0.993. The van der Waals surface area contributed by atoms with Crippen molar-refractivity contribution in [3.05, 3.63) is 53.3 Å². The minimum absolute atomic E-state index is 0.0280. The quantitative estimate of drug-likeness (QED) is 0.118. The first-order valence-electron chi connectivity index (χ1n) is 10.7. The third kappa shape index (κ3) is 6.16. The molecule has 38 heavy (non-hydrogen) atoms. The Bertz CT molecular complexity index is 1430.